The van der Waals surface area contributed by atoms with Crippen LogP contribution in [0.25, 0.3) is 0 Å². The van der Waals surface area contributed by atoms with Gasteiger partial charge in [0.1, 0.15) is 10.6 Å². The second-order valence-electron chi connectivity index (χ2n) is 7.49. The summed E-state index contributed by atoms with van der Waals surface area (Å²) in [5, 5.41) is 3.57. The van der Waals surface area contributed by atoms with Crippen molar-refractivity contribution in [1.82, 2.24) is 9.62 Å². The molecular weight excluding hydrogens is 447 g/mol. The maximum absolute atomic E-state index is 13.0. The molecule has 1 saturated heterocycles. The van der Waals surface area contributed by atoms with Crippen LogP contribution in [0.4, 0.5) is 0 Å². The summed E-state index contributed by atoms with van der Waals surface area (Å²) in [4.78, 5) is 12.8. The van der Waals surface area contributed by atoms with Crippen LogP contribution >= 0.6 is 23.2 Å². The molecule has 1 atom stereocenters. The number of hydrogen-bond acceptors (Lipinski definition) is 4. The van der Waals surface area contributed by atoms with E-state index in [1.807, 2.05) is 24.3 Å². The normalized spacial score (nSPS) is 20.3. The average Bonchev–Trinajstić information content (AvgIpc) is 2.75. The minimum atomic E-state index is -3.76. The minimum Gasteiger partial charge on any atom is -0.493 e. The standard InChI is InChI=1S/C21H22Cl2N2O4S/c22-15-5-6-17(23)20(13-15)30(27,28)25-10-7-14(8-11-25)21(26)24-18-9-12-29-19-4-2-1-3-16(18)19/h1-6,13-14,18H,7-12H2,(H,24,26). The number of benzene rings is 2. The zero-order chi connectivity index (χ0) is 21.3. The van der Waals surface area contributed by atoms with Crippen molar-refractivity contribution in [3.8, 4) is 5.75 Å². The maximum atomic E-state index is 13.0. The first-order valence-electron chi connectivity index (χ1n) is 9.83. The van der Waals surface area contributed by atoms with E-state index in [9.17, 15) is 13.2 Å². The summed E-state index contributed by atoms with van der Waals surface area (Å²) in [6.45, 7) is 1.07. The zero-order valence-corrected chi connectivity index (χ0v) is 18.5. The lowest BCUT2D eigenvalue weighted by molar-refractivity contribution is -0.127. The molecule has 0 aromatic heterocycles. The molecular formula is C21H22Cl2N2O4S. The zero-order valence-electron chi connectivity index (χ0n) is 16.2. The lowest BCUT2D eigenvalue weighted by atomic mass is 9.95. The number of rotatable bonds is 4. The Morgan fingerprint density at radius 2 is 1.80 bits per heavy atom. The van der Waals surface area contributed by atoms with Crippen molar-refractivity contribution in [1.29, 1.82) is 0 Å². The number of nitrogens with one attached hydrogen (secondary N) is 1. The molecule has 2 heterocycles. The van der Waals surface area contributed by atoms with E-state index < -0.39 is 10.0 Å². The summed E-state index contributed by atoms with van der Waals surface area (Å²) in [6, 6.07) is 12.0. The summed E-state index contributed by atoms with van der Waals surface area (Å²) in [5.41, 5.74) is 0.979. The van der Waals surface area contributed by atoms with Crippen LogP contribution in [-0.4, -0.2) is 38.3 Å². The number of piperidine rings is 1. The van der Waals surface area contributed by atoms with Gasteiger partial charge >= 0.3 is 0 Å². The largest absolute Gasteiger partial charge is 0.493 e. The Hall–Kier alpha value is -1.80. The Kier molecular flexibility index (Phi) is 6.25. The number of carbonyl (C=O) groups excluding carboxylic acids is 1. The van der Waals surface area contributed by atoms with Crippen LogP contribution in [-0.2, 0) is 14.8 Å². The van der Waals surface area contributed by atoms with Crippen molar-refractivity contribution in [2.24, 2.45) is 5.92 Å². The van der Waals surface area contributed by atoms with Gasteiger partial charge in [-0.25, -0.2) is 8.42 Å². The minimum absolute atomic E-state index is 0.00150. The quantitative estimate of drug-likeness (QED) is 0.734. The Morgan fingerprint density at radius 1 is 1.07 bits per heavy atom. The molecule has 0 radical (unpaired) electrons. The molecule has 2 aromatic carbocycles. The van der Waals surface area contributed by atoms with Crippen LogP contribution in [0.2, 0.25) is 10.0 Å². The van der Waals surface area contributed by atoms with E-state index in [0.717, 1.165) is 11.3 Å². The summed E-state index contributed by atoms with van der Waals surface area (Å²) in [5.74, 6) is 0.518. The third-order valence-corrected chi connectivity index (χ3v) is 8.23. The Balaban J connectivity index is 1.40. The molecule has 2 aliphatic heterocycles. The molecule has 1 N–H and O–H groups in total. The van der Waals surface area contributed by atoms with Crippen LogP contribution in [0.1, 0.15) is 30.9 Å². The van der Waals surface area contributed by atoms with E-state index in [-0.39, 0.29) is 40.9 Å². The van der Waals surface area contributed by atoms with Gasteiger partial charge in [0.25, 0.3) is 0 Å². The van der Waals surface area contributed by atoms with Gasteiger partial charge in [0.2, 0.25) is 15.9 Å². The van der Waals surface area contributed by atoms with E-state index in [1.54, 1.807) is 6.07 Å². The first kappa shape index (κ1) is 21.4. The van der Waals surface area contributed by atoms with Crippen molar-refractivity contribution >= 4 is 39.1 Å². The number of hydrogen-bond donors (Lipinski definition) is 1. The fourth-order valence-corrected chi connectivity index (χ4v) is 6.16. The molecule has 2 aromatic rings. The number of sulfonamides is 1. The van der Waals surface area contributed by atoms with Gasteiger partial charge in [0, 0.05) is 36.0 Å². The molecule has 6 nitrogen and oxygen atoms in total. The number of fused-ring (bicyclic) bond motifs is 1. The van der Waals surface area contributed by atoms with E-state index in [2.05, 4.69) is 5.32 Å². The molecule has 0 saturated carbocycles. The van der Waals surface area contributed by atoms with Crippen molar-refractivity contribution in [2.45, 2.75) is 30.2 Å². The van der Waals surface area contributed by atoms with Crippen LogP contribution in [0, 0.1) is 5.92 Å². The van der Waals surface area contributed by atoms with Crippen LogP contribution in [0.15, 0.2) is 47.4 Å². The van der Waals surface area contributed by atoms with Gasteiger partial charge < -0.3 is 10.1 Å². The molecule has 9 heteroatoms. The van der Waals surface area contributed by atoms with Gasteiger partial charge in [0.05, 0.1) is 17.7 Å². The highest BCUT2D eigenvalue weighted by atomic mass is 35.5. The third kappa shape index (κ3) is 4.30. The summed E-state index contributed by atoms with van der Waals surface area (Å²) in [6.07, 6.45) is 1.62. The average molecular weight is 469 g/mol. The molecule has 4 rings (SSSR count). The Bertz CT molecular complexity index is 1050. The predicted octanol–water partition coefficient (Wildman–Crippen LogP) is 4.03. The number of halogens is 2. The predicted molar refractivity (Wildman–Crippen MR) is 115 cm³/mol. The first-order valence-corrected chi connectivity index (χ1v) is 12.0. The highest BCUT2D eigenvalue weighted by molar-refractivity contribution is 7.89. The molecule has 1 fully saturated rings. The van der Waals surface area contributed by atoms with Gasteiger partial charge in [0.15, 0.2) is 0 Å². The number of amides is 1. The second kappa shape index (κ2) is 8.75. The van der Waals surface area contributed by atoms with E-state index in [1.165, 1.54) is 16.4 Å². The summed E-state index contributed by atoms with van der Waals surface area (Å²) in [7, 11) is -3.76. The Morgan fingerprint density at radius 3 is 2.57 bits per heavy atom. The van der Waals surface area contributed by atoms with Gasteiger partial charge in [-0.2, -0.15) is 4.31 Å². The number of ether oxygens (including phenoxy) is 1. The molecule has 1 unspecified atom stereocenters. The molecule has 1 amide bonds. The van der Waals surface area contributed by atoms with Gasteiger partial charge in [-0.1, -0.05) is 41.4 Å². The summed E-state index contributed by atoms with van der Waals surface area (Å²) >= 11 is 12.0. The van der Waals surface area contributed by atoms with Crippen LogP contribution < -0.4 is 10.1 Å². The molecule has 0 bridgehead atoms. The molecule has 2 aliphatic rings. The second-order valence-corrected chi connectivity index (χ2v) is 10.2. The van der Waals surface area contributed by atoms with Gasteiger partial charge in [-0.3, -0.25) is 4.79 Å². The molecule has 0 spiro atoms. The molecule has 160 valence electrons. The van der Waals surface area contributed by atoms with E-state index in [4.69, 9.17) is 27.9 Å². The monoisotopic (exact) mass is 468 g/mol. The number of para-hydroxylation sites is 1. The SMILES string of the molecule is O=C(NC1CCOc2ccccc21)C1CCN(S(=O)(=O)c2cc(Cl)ccc2Cl)CC1. The third-order valence-electron chi connectivity index (χ3n) is 5.61. The highest BCUT2D eigenvalue weighted by Crippen LogP contribution is 2.33. The maximum Gasteiger partial charge on any atom is 0.244 e. The van der Waals surface area contributed by atoms with Gasteiger partial charge in [-0.15, -0.1) is 0 Å². The number of carbonyl (C=O) groups is 1. The lowest BCUT2D eigenvalue weighted by Crippen LogP contribution is -2.44. The summed E-state index contributed by atoms with van der Waals surface area (Å²) < 4.78 is 32.9. The topological polar surface area (TPSA) is 75.7 Å². The highest BCUT2D eigenvalue weighted by Gasteiger charge is 2.34. The smallest absolute Gasteiger partial charge is 0.244 e. The van der Waals surface area contributed by atoms with Crippen molar-refractivity contribution in [3.05, 3.63) is 58.1 Å². The molecule has 30 heavy (non-hydrogen) atoms. The lowest BCUT2D eigenvalue weighted by Gasteiger charge is -2.32. The molecule has 0 aliphatic carbocycles. The van der Waals surface area contributed by atoms with Crippen molar-refractivity contribution < 1.29 is 17.9 Å². The van der Waals surface area contributed by atoms with Gasteiger partial charge in [-0.05, 0) is 37.1 Å². The van der Waals surface area contributed by atoms with Crippen molar-refractivity contribution in [3.63, 3.8) is 0 Å². The van der Waals surface area contributed by atoms with Crippen LogP contribution in [0.3, 0.4) is 0 Å². The van der Waals surface area contributed by atoms with E-state index in [0.29, 0.717) is 30.9 Å². The Labute approximate surface area is 186 Å². The fraction of sp³-hybridized carbons (Fsp3) is 0.381. The first-order chi connectivity index (χ1) is 14.4. The van der Waals surface area contributed by atoms with Crippen molar-refractivity contribution in [2.75, 3.05) is 19.7 Å². The fourth-order valence-electron chi connectivity index (χ4n) is 3.95. The number of nitrogens with zero attached hydrogens (tertiary/aromatic N) is 1. The van der Waals surface area contributed by atoms with Crippen LogP contribution in [0.5, 0.6) is 5.75 Å². The van der Waals surface area contributed by atoms with E-state index >= 15 is 0 Å².